The quantitative estimate of drug-likeness (QED) is 0.395. The van der Waals surface area contributed by atoms with Gasteiger partial charge in [0.2, 0.25) is 0 Å². The average Bonchev–Trinajstić information content (AvgIpc) is 3.35. The Morgan fingerprint density at radius 1 is 1.00 bits per heavy atom. The Kier molecular flexibility index (Phi) is 6.60. The third kappa shape index (κ3) is 5.02. The van der Waals surface area contributed by atoms with Crippen molar-refractivity contribution in [3.8, 4) is 6.07 Å². The minimum Gasteiger partial charge on any atom is -0.322 e. The SMILES string of the molecule is N#Cc1cccc(NC(=O)c2cnn3c2C(=O)N(c2ccc(Cc4cccc(CC=O)c4)cc2)CC3)c1. The van der Waals surface area contributed by atoms with Crippen LogP contribution in [0.4, 0.5) is 11.4 Å². The van der Waals surface area contributed by atoms with E-state index in [4.69, 9.17) is 5.26 Å². The second kappa shape index (κ2) is 10.3. The highest BCUT2D eigenvalue weighted by Crippen LogP contribution is 2.25. The molecular weight excluding hydrogens is 466 g/mol. The smallest absolute Gasteiger partial charge is 0.277 e. The summed E-state index contributed by atoms with van der Waals surface area (Å²) in [4.78, 5) is 38.9. The number of carbonyl (C=O) groups is 3. The topological polar surface area (TPSA) is 108 Å². The summed E-state index contributed by atoms with van der Waals surface area (Å²) in [5.41, 5.74) is 5.23. The first-order chi connectivity index (χ1) is 18.1. The fourth-order valence-electron chi connectivity index (χ4n) is 4.47. The molecular formula is C29H23N5O3. The van der Waals surface area contributed by atoms with Gasteiger partial charge in [0.1, 0.15) is 12.0 Å². The molecule has 182 valence electrons. The number of hydrogen-bond acceptors (Lipinski definition) is 5. The van der Waals surface area contributed by atoms with Gasteiger partial charge in [-0.25, -0.2) is 0 Å². The van der Waals surface area contributed by atoms with Crippen LogP contribution >= 0.6 is 0 Å². The maximum absolute atomic E-state index is 13.4. The molecule has 8 nitrogen and oxygen atoms in total. The third-order valence-corrected chi connectivity index (χ3v) is 6.28. The second-order valence-electron chi connectivity index (χ2n) is 8.77. The molecule has 0 bridgehead atoms. The van der Waals surface area contributed by atoms with Crippen LogP contribution in [0, 0.1) is 11.3 Å². The van der Waals surface area contributed by atoms with Crippen molar-refractivity contribution in [1.29, 1.82) is 5.26 Å². The molecule has 3 aromatic carbocycles. The maximum Gasteiger partial charge on any atom is 0.277 e. The highest BCUT2D eigenvalue weighted by Gasteiger charge is 2.32. The van der Waals surface area contributed by atoms with E-state index in [1.54, 1.807) is 33.8 Å². The number of aldehydes is 1. The van der Waals surface area contributed by atoms with Crippen LogP contribution in [-0.4, -0.2) is 34.4 Å². The van der Waals surface area contributed by atoms with E-state index in [0.717, 1.165) is 28.7 Å². The Morgan fingerprint density at radius 3 is 2.57 bits per heavy atom. The van der Waals surface area contributed by atoms with Crippen LogP contribution in [0.1, 0.15) is 43.1 Å². The van der Waals surface area contributed by atoms with Crippen molar-refractivity contribution in [3.63, 3.8) is 0 Å². The molecule has 1 aliphatic rings. The molecule has 0 aliphatic carbocycles. The molecule has 0 radical (unpaired) electrons. The highest BCUT2D eigenvalue weighted by molar-refractivity contribution is 6.15. The average molecular weight is 490 g/mol. The van der Waals surface area contributed by atoms with Crippen LogP contribution < -0.4 is 10.2 Å². The van der Waals surface area contributed by atoms with Crippen molar-refractivity contribution < 1.29 is 14.4 Å². The number of nitriles is 1. The molecule has 0 spiro atoms. The van der Waals surface area contributed by atoms with Gasteiger partial charge >= 0.3 is 0 Å². The van der Waals surface area contributed by atoms with Crippen LogP contribution in [0.5, 0.6) is 0 Å². The molecule has 0 fully saturated rings. The van der Waals surface area contributed by atoms with Gasteiger partial charge in [-0.15, -0.1) is 0 Å². The van der Waals surface area contributed by atoms with Crippen molar-refractivity contribution >= 4 is 29.5 Å². The maximum atomic E-state index is 13.4. The van der Waals surface area contributed by atoms with Crippen molar-refractivity contribution in [1.82, 2.24) is 9.78 Å². The van der Waals surface area contributed by atoms with Gasteiger partial charge < -0.3 is 15.0 Å². The van der Waals surface area contributed by atoms with E-state index in [9.17, 15) is 14.4 Å². The van der Waals surface area contributed by atoms with Gasteiger partial charge in [0.05, 0.1) is 29.9 Å². The minimum atomic E-state index is -0.460. The lowest BCUT2D eigenvalue weighted by Gasteiger charge is -2.28. The molecule has 0 saturated heterocycles. The Balaban J connectivity index is 1.32. The van der Waals surface area contributed by atoms with Gasteiger partial charge in [0.25, 0.3) is 11.8 Å². The van der Waals surface area contributed by atoms with Gasteiger partial charge in [-0.1, -0.05) is 42.5 Å². The number of aromatic nitrogens is 2. The third-order valence-electron chi connectivity index (χ3n) is 6.28. The number of hydrogen-bond donors (Lipinski definition) is 1. The zero-order chi connectivity index (χ0) is 25.8. The summed E-state index contributed by atoms with van der Waals surface area (Å²) in [5.74, 6) is -0.757. The van der Waals surface area contributed by atoms with E-state index in [0.29, 0.717) is 37.2 Å². The van der Waals surface area contributed by atoms with E-state index in [1.807, 2.05) is 54.6 Å². The number of anilines is 2. The molecule has 2 heterocycles. The van der Waals surface area contributed by atoms with Gasteiger partial charge in [-0.3, -0.25) is 14.3 Å². The first-order valence-electron chi connectivity index (χ1n) is 11.9. The van der Waals surface area contributed by atoms with E-state index in [1.165, 1.54) is 6.20 Å². The van der Waals surface area contributed by atoms with Crippen molar-refractivity contribution in [2.75, 3.05) is 16.8 Å². The largest absolute Gasteiger partial charge is 0.322 e. The van der Waals surface area contributed by atoms with Crippen molar-refractivity contribution in [3.05, 3.63) is 113 Å². The van der Waals surface area contributed by atoms with Crippen LogP contribution in [0.3, 0.4) is 0 Å². The number of fused-ring (bicyclic) bond motifs is 1. The summed E-state index contributed by atoms with van der Waals surface area (Å²) in [6.07, 6.45) is 3.41. The monoisotopic (exact) mass is 489 g/mol. The summed E-state index contributed by atoms with van der Waals surface area (Å²) in [6.45, 7) is 0.898. The Bertz CT molecular complexity index is 1530. The number of benzene rings is 3. The van der Waals surface area contributed by atoms with Gasteiger partial charge in [-0.05, 0) is 53.4 Å². The normalized spacial score (nSPS) is 12.5. The molecule has 5 rings (SSSR count). The minimum absolute atomic E-state index is 0.184. The van der Waals surface area contributed by atoms with E-state index < -0.39 is 5.91 Å². The van der Waals surface area contributed by atoms with Crippen molar-refractivity contribution in [2.45, 2.75) is 19.4 Å². The number of nitrogens with one attached hydrogen (secondary N) is 1. The van der Waals surface area contributed by atoms with Gasteiger partial charge in [0, 0.05) is 24.3 Å². The fourth-order valence-corrected chi connectivity index (χ4v) is 4.47. The first-order valence-corrected chi connectivity index (χ1v) is 11.9. The molecule has 1 aromatic heterocycles. The van der Waals surface area contributed by atoms with Crippen molar-refractivity contribution in [2.24, 2.45) is 0 Å². The summed E-state index contributed by atoms with van der Waals surface area (Å²) >= 11 is 0. The molecule has 4 aromatic rings. The molecule has 0 saturated carbocycles. The molecule has 8 heteroatoms. The Hall–Kier alpha value is -5.03. The predicted octanol–water partition coefficient (Wildman–Crippen LogP) is 4.00. The van der Waals surface area contributed by atoms with Crippen LogP contribution in [0.15, 0.2) is 79.0 Å². The molecule has 1 aliphatic heterocycles. The van der Waals surface area contributed by atoms with E-state index >= 15 is 0 Å². The predicted molar refractivity (Wildman–Crippen MR) is 138 cm³/mol. The lowest BCUT2D eigenvalue weighted by molar-refractivity contribution is -0.107. The summed E-state index contributed by atoms with van der Waals surface area (Å²) in [6, 6.07) is 24.3. The summed E-state index contributed by atoms with van der Waals surface area (Å²) in [5, 5.41) is 16.1. The number of carbonyl (C=O) groups excluding carboxylic acids is 3. The summed E-state index contributed by atoms with van der Waals surface area (Å²) < 4.78 is 1.56. The van der Waals surface area contributed by atoms with E-state index in [-0.39, 0.29) is 17.2 Å². The zero-order valence-electron chi connectivity index (χ0n) is 19.9. The fraction of sp³-hybridized carbons (Fsp3) is 0.138. The lowest BCUT2D eigenvalue weighted by atomic mass is 10.0. The zero-order valence-corrected chi connectivity index (χ0v) is 19.9. The Morgan fingerprint density at radius 2 is 1.78 bits per heavy atom. The molecule has 37 heavy (non-hydrogen) atoms. The Labute approximate surface area is 213 Å². The lowest BCUT2D eigenvalue weighted by Crippen LogP contribution is -2.41. The van der Waals surface area contributed by atoms with Gasteiger partial charge in [0.15, 0.2) is 0 Å². The molecule has 2 amide bonds. The molecule has 0 unspecified atom stereocenters. The number of amides is 2. The first kappa shape index (κ1) is 23.7. The van der Waals surface area contributed by atoms with E-state index in [2.05, 4.69) is 10.4 Å². The number of rotatable bonds is 7. The molecule has 0 atom stereocenters. The highest BCUT2D eigenvalue weighted by atomic mass is 16.2. The standard InChI is InChI=1S/C29H23N5O3/c30-18-23-5-2-6-24(17-23)32-28(36)26-19-31-34-13-12-33(29(37)27(26)34)25-9-7-21(8-10-25)16-22-4-1-3-20(15-22)11-14-35/h1-10,14-15,17,19H,11-13,16H2,(H,32,36). The molecule has 1 N–H and O–H groups in total. The van der Waals surface area contributed by atoms with Crippen LogP contribution in [0.25, 0.3) is 0 Å². The second-order valence-corrected chi connectivity index (χ2v) is 8.77. The number of nitrogens with zero attached hydrogens (tertiary/aromatic N) is 4. The van der Waals surface area contributed by atoms with Crippen LogP contribution in [0.2, 0.25) is 0 Å². The summed E-state index contributed by atoms with van der Waals surface area (Å²) in [7, 11) is 0. The van der Waals surface area contributed by atoms with Gasteiger partial charge in [-0.2, -0.15) is 10.4 Å². The van der Waals surface area contributed by atoms with Crippen LogP contribution in [-0.2, 0) is 24.2 Å².